The summed E-state index contributed by atoms with van der Waals surface area (Å²) < 4.78 is 11.1. The van der Waals surface area contributed by atoms with Crippen LogP contribution in [0.4, 0.5) is 10.5 Å². The molecule has 2 saturated heterocycles. The van der Waals surface area contributed by atoms with Crippen molar-refractivity contribution in [1.82, 2.24) is 9.80 Å². The van der Waals surface area contributed by atoms with Crippen molar-refractivity contribution in [3.05, 3.63) is 95.6 Å². The van der Waals surface area contributed by atoms with E-state index in [0.717, 1.165) is 47.5 Å². The Kier molecular flexibility index (Phi) is 8.71. The molecule has 7 nitrogen and oxygen atoms in total. The number of urea groups is 1. The fourth-order valence-corrected chi connectivity index (χ4v) is 6.23. The van der Waals surface area contributed by atoms with Gasteiger partial charge in [0.15, 0.2) is 0 Å². The number of rotatable bonds is 6. The van der Waals surface area contributed by atoms with Crippen LogP contribution in [0.25, 0.3) is 0 Å². The number of aliphatic hydroxyl groups is 1. The minimum Gasteiger partial charge on any atom is -0.497 e. The van der Waals surface area contributed by atoms with E-state index < -0.39 is 5.54 Å². The number of anilines is 1. The van der Waals surface area contributed by atoms with Crippen LogP contribution in [0.5, 0.6) is 5.75 Å². The number of nitrogens with one attached hydrogen (secondary N) is 1. The molecule has 3 aromatic rings. The maximum Gasteiger partial charge on any atom is 0.321 e. The monoisotopic (exact) mass is 539 g/mol. The Morgan fingerprint density at radius 2 is 1.62 bits per heavy atom. The van der Waals surface area contributed by atoms with Crippen LogP contribution in [0.1, 0.15) is 35.4 Å². The van der Waals surface area contributed by atoms with Crippen LogP contribution < -0.4 is 10.1 Å². The van der Waals surface area contributed by atoms with Crippen molar-refractivity contribution >= 4 is 11.7 Å². The van der Waals surface area contributed by atoms with Crippen LogP contribution in [0.3, 0.4) is 0 Å². The number of carbonyl (C=O) groups excluding carboxylic acids is 1. The summed E-state index contributed by atoms with van der Waals surface area (Å²) >= 11 is 0. The Balaban J connectivity index is 1.40. The zero-order valence-electron chi connectivity index (χ0n) is 23.2. The highest BCUT2D eigenvalue weighted by molar-refractivity contribution is 5.89. The number of ether oxygens (including phenoxy) is 2. The number of amides is 2. The number of hydrogen-bond acceptors (Lipinski definition) is 5. The van der Waals surface area contributed by atoms with E-state index in [0.29, 0.717) is 19.7 Å². The minimum atomic E-state index is -0.447. The fraction of sp³-hybridized carbons (Fsp3) is 0.364. The van der Waals surface area contributed by atoms with E-state index >= 15 is 0 Å². The first-order valence-electron chi connectivity index (χ1n) is 13.8. The lowest BCUT2D eigenvalue weighted by molar-refractivity contribution is -0.158. The molecule has 7 heteroatoms. The van der Waals surface area contributed by atoms with Crippen LogP contribution in [-0.4, -0.2) is 79.6 Å². The van der Waals surface area contributed by atoms with E-state index in [4.69, 9.17) is 9.47 Å². The van der Waals surface area contributed by atoms with E-state index in [1.165, 1.54) is 0 Å². The molecular formula is C33H37N3O4. The van der Waals surface area contributed by atoms with Gasteiger partial charge in [0.05, 0.1) is 25.9 Å². The van der Waals surface area contributed by atoms with Crippen LogP contribution >= 0.6 is 0 Å². The highest BCUT2D eigenvalue weighted by Gasteiger charge is 2.61. The average Bonchev–Trinajstić information content (AvgIpc) is 2.98. The van der Waals surface area contributed by atoms with Crippen molar-refractivity contribution in [1.29, 1.82) is 0 Å². The van der Waals surface area contributed by atoms with Gasteiger partial charge < -0.3 is 24.8 Å². The predicted molar refractivity (Wildman–Crippen MR) is 157 cm³/mol. The summed E-state index contributed by atoms with van der Waals surface area (Å²) in [6.07, 6.45) is 1.84. The number of hydrogen-bond donors (Lipinski definition) is 2. The second-order valence-corrected chi connectivity index (χ2v) is 10.5. The molecule has 0 aromatic heterocycles. The van der Waals surface area contributed by atoms with E-state index in [2.05, 4.69) is 34.2 Å². The summed E-state index contributed by atoms with van der Waals surface area (Å²) in [5.41, 5.74) is 3.30. The molecule has 2 aliphatic rings. The van der Waals surface area contributed by atoms with Crippen molar-refractivity contribution in [2.75, 3.05) is 52.4 Å². The lowest BCUT2D eigenvalue weighted by atomic mass is 9.64. The number of aliphatic hydroxyl groups excluding tert-OH is 1. The van der Waals surface area contributed by atoms with Crippen molar-refractivity contribution < 1.29 is 19.4 Å². The predicted octanol–water partition coefficient (Wildman–Crippen LogP) is 4.57. The van der Waals surface area contributed by atoms with Crippen molar-refractivity contribution in [2.45, 2.75) is 30.3 Å². The summed E-state index contributed by atoms with van der Waals surface area (Å²) in [5, 5.41) is 13.5. The van der Waals surface area contributed by atoms with Crippen molar-refractivity contribution in [3.8, 4) is 17.6 Å². The molecule has 1 unspecified atom stereocenters. The van der Waals surface area contributed by atoms with Crippen LogP contribution in [0.2, 0.25) is 0 Å². The van der Waals surface area contributed by atoms with Gasteiger partial charge >= 0.3 is 6.03 Å². The minimum absolute atomic E-state index is 0.00275. The molecule has 0 bridgehead atoms. The highest BCUT2D eigenvalue weighted by atomic mass is 16.5. The highest BCUT2D eigenvalue weighted by Crippen LogP contribution is 2.50. The lowest BCUT2D eigenvalue weighted by Gasteiger charge is -2.65. The first-order chi connectivity index (χ1) is 19.6. The molecule has 2 N–H and O–H groups in total. The second kappa shape index (κ2) is 12.6. The lowest BCUT2D eigenvalue weighted by Crippen LogP contribution is -2.78. The largest absolute Gasteiger partial charge is 0.497 e. The quantitative estimate of drug-likeness (QED) is 0.449. The normalized spacial score (nSPS) is 22.5. The third-order valence-electron chi connectivity index (χ3n) is 8.08. The number of benzene rings is 3. The van der Waals surface area contributed by atoms with Crippen molar-refractivity contribution in [2.24, 2.45) is 0 Å². The van der Waals surface area contributed by atoms with Crippen LogP contribution in [0.15, 0.2) is 78.9 Å². The molecule has 40 heavy (non-hydrogen) atoms. The third kappa shape index (κ3) is 5.71. The van der Waals surface area contributed by atoms with Gasteiger partial charge in [0.25, 0.3) is 0 Å². The van der Waals surface area contributed by atoms with Gasteiger partial charge in [0, 0.05) is 49.0 Å². The molecule has 0 aliphatic carbocycles. The molecular weight excluding hydrogens is 502 g/mol. The van der Waals surface area contributed by atoms with Gasteiger partial charge in [0.1, 0.15) is 5.75 Å². The number of methoxy groups -OCH3 is 2. The second-order valence-electron chi connectivity index (χ2n) is 10.5. The van der Waals surface area contributed by atoms with Gasteiger partial charge in [-0.25, -0.2) is 4.79 Å². The third-order valence-corrected chi connectivity index (χ3v) is 8.08. The first-order valence-corrected chi connectivity index (χ1v) is 13.8. The summed E-state index contributed by atoms with van der Waals surface area (Å²) in [5.74, 6) is 7.20. The van der Waals surface area contributed by atoms with Crippen molar-refractivity contribution in [3.63, 3.8) is 0 Å². The van der Waals surface area contributed by atoms with Crippen LogP contribution in [0, 0.1) is 11.8 Å². The molecule has 2 amide bonds. The average molecular weight is 540 g/mol. The van der Waals surface area contributed by atoms with E-state index in [1.54, 1.807) is 14.2 Å². The summed E-state index contributed by atoms with van der Waals surface area (Å²) in [6, 6.07) is 25.4. The molecule has 0 spiro atoms. The Morgan fingerprint density at radius 3 is 2.27 bits per heavy atom. The molecule has 2 fully saturated rings. The summed E-state index contributed by atoms with van der Waals surface area (Å²) in [6.45, 7) is 2.52. The molecule has 2 aliphatic heterocycles. The maximum atomic E-state index is 13.5. The van der Waals surface area contributed by atoms with Gasteiger partial charge in [0.2, 0.25) is 0 Å². The number of nitrogens with zero attached hydrogens (tertiary/aromatic N) is 2. The molecule has 5 rings (SSSR count). The smallest absolute Gasteiger partial charge is 0.321 e. The molecule has 3 aromatic carbocycles. The van der Waals surface area contributed by atoms with Gasteiger partial charge in [-0.1, -0.05) is 42.2 Å². The Labute approximate surface area is 236 Å². The number of fused-ring (bicyclic) bond motifs is 1. The molecule has 0 saturated carbocycles. The van der Waals surface area contributed by atoms with Crippen LogP contribution in [-0.2, 0) is 4.74 Å². The van der Waals surface area contributed by atoms with E-state index in [-0.39, 0.29) is 24.6 Å². The van der Waals surface area contributed by atoms with Gasteiger partial charge in [-0.3, -0.25) is 4.90 Å². The summed E-state index contributed by atoms with van der Waals surface area (Å²) in [7, 11) is 3.33. The first kappa shape index (κ1) is 27.7. The zero-order valence-corrected chi connectivity index (χ0v) is 23.2. The molecule has 2 heterocycles. The standard InChI is InChI=1S/C33H37N3O4/c1-39-24-33-23-35(32(38)34-28-16-18-29(40-2)19-17-28)20-6-7-21-36(33)30(22-37)31(33)27-14-12-26(13-15-27)11-10-25-8-4-3-5-9-25/h3-5,8-9,12-19,30-31,37H,6-7,20-24H2,1-2H3,(H,34,38)/t30-,31+,33?/m1/s1. The van der Waals surface area contributed by atoms with E-state index in [1.807, 2.05) is 71.6 Å². The van der Waals surface area contributed by atoms with E-state index in [9.17, 15) is 9.90 Å². The molecule has 208 valence electrons. The van der Waals surface area contributed by atoms with Gasteiger partial charge in [-0.05, 0) is 73.5 Å². The maximum absolute atomic E-state index is 13.5. The molecule has 0 radical (unpaired) electrons. The summed E-state index contributed by atoms with van der Waals surface area (Å²) in [4.78, 5) is 17.8. The Bertz CT molecular complexity index is 1330. The molecule has 3 atom stereocenters. The van der Waals surface area contributed by atoms with Gasteiger partial charge in [-0.2, -0.15) is 0 Å². The SMILES string of the molecule is COCC12CN(C(=O)Nc3ccc(OC)cc3)CCCCN1[C@H](CO)[C@@H]2c1ccc(C#Cc2ccccc2)cc1. The Hall–Kier alpha value is -3.83. The topological polar surface area (TPSA) is 74.3 Å². The van der Waals surface area contributed by atoms with Gasteiger partial charge in [-0.15, -0.1) is 0 Å². The Morgan fingerprint density at radius 1 is 0.950 bits per heavy atom. The zero-order chi connectivity index (χ0) is 28.0. The number of carbonyl (C=O) groups is 1. The fourth-order valence-electron chi connectivity index (χ4n) is 6.23.